The molecule has 10 heteroatoms. The average Bonchev–Trinajstić information content (AvgIpc) is 3.37. The van der Waals surface area contributed by atoms with Gasteiger partial charge in [0.1, 0.15) is 0 Å². The lowest BCUT2D eigenvalue weighted by molar-refractivity contribution is -0.148. The van der Waals surface area contributed by atoms with Gasteiger partial charge in [0.2, 0.25) is 23.6 Å². The molecule has 1 unspecified atom stereocenters. The van der Waals surface area contributed by atoms with E-state index in [1.54, 1.807) is 11.8 Å². The largest absolute Gasteiger partial charge is 0.381 e. The van der Waals surface area contributed by atoms with Crippen molar-refractivity contribution in [2.75, 3.05) is 63.9 Å². The van der Waals surface area contributed by atoms with Gasteiger partial charge in [0.25, 0.3) is 0 Å². The van der Waals surface area contributed by atoms with Crippen LogP contribution in [0.3, 0.4) is 0 Å². The number of likely N-dealkylation sites (tertiary alicyclic amines) is 3. The summed E-state index contributed by atoms with van der Waals surface area (Å²) in [4.78, 5) is 60.1. The molecular formula is C33H47N5O5. The third kappa shape index (κ3) is 6.18. The summed E-state index contributed by atoms with van der Waals surface area (Å²) in [5.41, 5.74) is 3.00. The van der Waals surface area contributed by atoms with Gasteiger partial charge in [0.05, 0.1) is 19.1 Å². The van der Waals surface area contributed by atoms with Gasteiger partial charge in [-0.05, 0) is 63.7 Å². The molecule has 0 aliphatic carbocycles. The van der Waals surface area contributed by atoms with Gasteiger partial charge in [-0.2, -0.15) is 0 Å². The van der Waals surface area contributed by atoms with Crippen LogP contribution in [0.15, 0.2) is 18.2 Å². The van der Waals surface area contributed by atoms with Crippen LogP contribution in [-0.2, 0) is 23.9 Å². The topological polar surface area (TPSA) is 102 Å². The molecule has 4 amide bonds. The van der Waals surface area contributed by atoms with Crippen LogP contribution in [0.25, 0.3) is 0 Å². The van der Waals surface area contributed by atoms with Crippen molar-refractivity contribution in [1.82, 2.24) is 20.0 Å². The molecule has 5 aliphatic heterocycles. The van der Waals surface area contributed by atoms with E-state index < -0.39 is 0 Å². The maximum atomic E-state index is 13.7. The van der Waals surface area contributed by atoms with E-state index in [-0.39, 0.29) is 59.8 Å². The quantitative estimate of drug-likeness (QED) is 0.560. The summed E-state index contributed by atoms with van der Waals surface area (Å²) in [6.45, 7) is 11.8. The summed E-state index contributed by atoms with van der Waals surface area (Å²) in [6.07, 6.45) is 4.00. The molecular weight excluding hydrogens is 546 g/mol. The number of para-hydroxylation sites is 1. The molecule has 10 nitrogen and oxygen atoms in total. The van der Waals surface area contributed by atoms with E-state index in [1.807, 2.05) is 41.8 Å². The minimum absolute atomic E-state index is 0.00550. The van der Waals surface area contributed by atoms with Crippen LogP contribution >= 0.6 is 0 Å². The Kier molecular flexibility index (Phi) is 8.78. The Hall–Kier alpha value is -2.98. The molecule has 5 fully saturated rings. The summed E-state index contributed by atoms with van der Waals surface area (Å²) in [6, 6.07) is 6.46. The molecule has 6 rings (SSSR count). The lowest BCUT2D eigenvalue weighted by Gasteiger charge is -2.48. The van der Waals surface area contributed by atoms with Crippen molar-refractivity contribution in [2.24, 2.45) is 23.7 Å². The number of hydrogen-bond acceptors (Lipinski definition) is 6. The molecule has 43 heavy (non-hydrogen) atoms. The summed E-state index contributed by atoms with van der Waals surface area (Å²) in [7, 11) is 0. The number of fused-ring (bicyclic) bond motifs is 2. The number of piperidine rings is 3. The number of carbonyl (C=O) groups excluding carboxylic acids is 4. The SMILES string of the molecule is CC(=O)N1CCC(N2CCC(C(=O)N3C[C@@H]4COC[C@@H](C3)C4NC(=O)C3CC(=O)N(c4c(C)cccc4C)C3)CC2)CC1. The Morgan fingerprint density at radius 3 is 2.07 bits per heavy atom. The molecule has 0 saturated carbocycles. The first-order valence-electron chi connectivity index (χ1n) is 16.2. The molecule has 1 aromatic rings. The molecule has 0 aromatic heterocycles. The number of hydrogen-bond donors (Lipinski definition) is 1. The fourth-order valence-electron chi connectivity index (χ4n) is 8.28. The molecule has 0 spiro atoms. The third-order valence-corrected chi connectivity index (χ3v) is 10.7. The zero-order valence-electron chi connectivity index (χ0n) is 25.9. The van der Waals surface area contributed by atoms with Crippen LogP contribution < -0.4 is 10.2 Å². The highest BCUT2D eigenvalue weighted by molar-refractivity contribution is 6.01. The number of nitrogens with one attached hydrogen (secondary N) is 1. The highest BCUT2D eigenvalue weighted by atomic mass is 16.5. The molecule has 5 heterocycles. The van der Waals surface area contributed by atoms with Crippen molar-refractivity contribution < 1.29 is 23.9 Å². The van der Waals surface area contributed by atoms with Gasteiger partial charge < -0.3 is 29.7 Å². The van der Waals surface area contributed by atoms with Gasteiger partial charge in [-0.25, -0.2) is 0 Å². The van der Waals surface area contributed by atoms with Crippen molar-refractivity contribution >= 4 is 29.3 Å². The van der Waals surface area contributed by atoms with Gasteiger partial charge in [0.15, 0.2) is 0 Å². The maximum absolute atomic E-state index is 13.7. The van der Waals surface area contributed by atoms with Gasteiger partial charge >= 0.3 is 0 Å². The predicted octanol–water partition coefficient (Wildman–Crippen LogP) is 1.97. The molecule has 1 aromatic carbocycles. The Morgan fingerprint density at radius 2 is 1.47 bits per heavy atom. The fraction of sp³-hybridized carbons (Fsp3) is 0.697. The lowest BCUT2D eigenvalue weighted by Crippen LogP contribution is -2.63. The average molecular weight is 594 g/mol. The Bertz CT molecular complexity index is 1200. The van der Waals surface area contributed by atoms with Gasteiger partial charge in [-0.15, -0.1) is 0 Å². The van der Waals surface area contributed by atoms with E-state index in [1.165, 1.54) is 0 Å². The van der Waals surface area contributed by atoms with Crippen LogP contribution in [0.4, 0.5) is 5.69 Å². The molecule has 2 bridgehead atoms. The van der Waals surface area contributed by atoms with Crippen molar-refractivity contribution in [1.29, 1.82) is 0 Å². The standard InChI is InChI=1S/C33H47N5O5/c1-21-5-4-6-22(2)31(21)38-18-25(15-29(38)40)32(41)34-30-26-16-37(17-27(30)20-43-19-26)33(42)24-7-11-36(12-8-24)28-9-13-35(14-10-28)23(3)39/h4-6,24-28,30H,7-20H2,1-3H3,(H,34,41)/t25?,26-,27-/m1/s1. The minimum atomic E-state index is -0.382. The van der Waals surface area contributed by atoms with E-state index in [4.69, 9.17) is 4.74 Å². The van der Waals surface area contributed by atoms with E-state index in [2.05, 4.69) is 10.2 Å². The Labute approximate surface area is 255 Å². The predicted molar refractivity (Wildman–Crippen MR) is 162 cm³/mol. The third-order valence-electron chi connectivity index (χ3n) is 10.7. The van der Waals surface area contributed by atoms with E-state index in [0.717, 1.165) is 68.7 Å². The van der Waals surface area contributed by atoms with E-state index >= 15 is 0 Å². The summed E-state index contributed by atoms with van der Waals surface area (Å²) >= 11 is 0. The van der Waals surface area contributed by atoms with Gasteiger partial charge in [-0.1, -0.05) is 18.2 Å². The number of aryl methyl sites for hydroxylation is 2. The number of nitrogens with zero attached hydrogens (tertiary/aromatic N) is 4. The second kappa shape index (κ2) is 12.6. The zero-order valence-corrected chi connectivity index (χ0v) is 25.9. The molecule has 5 saturated heterocycles. The maximum Gasteiger partial charge on any atom is 0.227 e. The van der Waals surface area contributed by atoms with Crippen molar-refractivity contribution in [3.8, 4) is 0 Å². The molecule has 0 radical (unpaired) electrons. The van der Waals surface area contributed by atoms with Crippen LogP contribution in [-0.4, -0.2) is 109 Å². The molecule has 234 valence electrons. The lowest BCUT2D eigenvalue weighted by atomic mass is 9.81. The van der Waals surface area contributed by atoms with Crippen LogP contribution in [0, 0.1) is 37.5 Å². The number of rotatable bonds is 5. The first-order chi connectivity index (χ1) is 20.7. The Balaban J connectivity index is 1.01. The Morgan fingerprint density at radius 1 is 0.837 bits per heavy atom. The second-order valence-electron chi connectivity index (χ2n) is 13.5. The van der Waals surface area contributed by atoms with Crippen molar-refractivity contribution in [3.63, 3.8) is 0 Å². The fourth-order valence-corrected chi connectivity index (χ4v) is 8.28. The van der Waals surface area contributed by atoms with Crippen LogP contribution in [0.2, 0.25) is 0 Å². The molecule has 5 aliphatic rings. The monoisotopic (exact) mass is 593 g/mol. The minimum Gasteiger partial charge on any atom is -0.381 e. The number of anilines is 1. The number of amides is 4. The number of benzene rings is 1. The van der Waals surface area contributed by atoms with Gasteiger partial charge in [-0.3, -0.25) is 19.2 Å². The van der Waals surface area contributed by atoms with Gasteiger partial charge in [0, 0.05) is 81.6 Å². The zero-order chi connectivity index (χ0) is 30.2. The summed E-state index contributed by atoms with van der Waals surface area (Å²) in [5, 5.41) is 3.31. The molecule has 3 atom stereocenters. The highest BCUT2D eigenvalue weighted by Crippen LogP contribution is 2.34. The second-order valence-corrected chi connectivity index (χ2v) is 13.5. The number of ether oxygens (including phenoxy) is 1. The first kappa shape index (κ1) is 30.1. The van der Waals surface area contributed by atoms with Crippen LogP contribution in [0.1, 0.15) is 50.2 Å². The molecule has 1 N–H and O–H groups in total. The normalized spacial score (nSPS) is 29.2. The van der Waals surface area contributed by atoms with E-state index in [0.29, 0.717) is 38.9 Å². The summed E-state index contributed by atoms with van der Waals surface area (Å²) < 4.78 is 5.89. The smallest absolute Gasteiger partial charge is 0.227 e. The first-order valence-corrected chi connectivity index (χ1v) is 16.2. The van der Waals surface area contributed by atoms with Crippen LogP contribution in [0.5, 0.6) is 0 Å². The van der Waals surface area contributed by atoms with Crippen molar-refractivity contribution in [3.05, 3.63) is 29.3 Å². The van der Waals surface area contributed by atoms with Crippen molar-refractivity contribution in [2.45, 2.75) is 65.0 Å². The van der Waals surface area contributed by atoms with E-state index in [9.17, 15) is 19.2 Å². The number of carbonyl (C=O) groups is 4. The summed E-state index contributed by atoms with van der Waals surface area (Å²) in [5.74, 6) is 0.111. The highest BCUT2D eigenvalue weighted by Gasteiger charge is 2.45.